The van der Waals surface area contributed by atoms with E-state index in [1.807, 2.05) is 36.4 Å². The zero-order valence-electron chi connectivity index (χ0n) is 12.1. The van der Waals surface area contributed by atoms with Crippen LogP contribution in [-0.4, -0.2) is 32.8 Å². The SMILES string of the molecule is Cn1cc(-n2ncc3cc(Cl)c([C@H]4[C@@H]5COC[C@@H]54)cc32)cn1. The summed E-state index contributed by atoms with van der Waals surface area (Å²) in [6.45, 7) is 1.73. The maximum atomic E-state index is 6.51. The van der Waals surface area contributed by atoms with Gasteiger partial charge in [-0.2, -0.15) is 10.2 Å². The van der Waals surface area contributed by atoms with Gasteiger partial charge in [-0.25, -0.2) is 4.68 Å². The molecule has 3 aromatic rings. The van der Waals surface area contributed by atoms with Crippen LogP contribution in [0, 0.1) is 11.8 Å². The molecule has 2 aromatic heterocycles. The van der Waals surface area contributed by atoms with Crippen molar-refractivity contribution in [1.29, 1.82) is 0 Å². The first-order chi connectivity index (χ1) is 10.7. The highest BCUT2D eigenvalue weighted by molar-refractivity contribution is 6.32. The molecule has 6 heteroatoms. The number of aryl methyl sites for hydroxylation is 1. The third kappa shape index (κ3) is 1.69. The highest BCUT2D eigenvalue weighted by atomic mass is 35.5. The molecule has 0 amide bonds. The van der Waals surface area contributed by atoms with Gasteiger partial charge in [0.25, 0.3) is 0 Å². The van der Waals surface area contributed by atoms with Gasteiger partial charge in [0.05, 0.1) is 37.3 Å². The van der Waals surface area contributed by atoms with Crippen LogP contribution in [0.25, 0.3) is 16.6 Å². The van der Waals surface area contributed by atoms with Crippen molar-refractivity contribution in [1.82, 2.24) is 19.6 Å². The van der Waals surface area contributed by atoms with Gasteiger partial charge in [0, 0.05) is 17.5 Å². The van der Waals surface area contributed by atoms with E-state index in [0.29, 0.717) is 17.8 Å². The fraction of sp³-hybridized carbons (Fsp3) is 0.375. The number of nitrogens with zero attached hydrogens (tertiary/aromatic N) is 4. The molecule has 5 nitrogen and oxygen atoms in total. The standard InChI is InChI=1S/C16H15ClN4O/c1-20-6-10(5-18-20)21-15-3-11(14(17)2-9(15)4-19-21)16-12-7-22-8-13(12)16/h2-6,12-13,16H,7-8H2,1H3/t12-,13+,16+. The fourth-order valence-electron chi connectivity index (χ4n) is 3.74. The van der Waals surface area contributed by atoms with Gasteiger partial charge in [-0.15, -0.1) is 0 Å². The maximum Gasteiger partial charge on any atom is 0.103 e. The molecule has 5 rings (SSSR count). The summed E-state index contributed by atoms with van der Waals surface area (Å²) in [6.07, 6.45) is 5.63. The summed E-state index contributed by atoms with van der Waals surface area (Å²) in [7, 11) is 1.91. The molecular weight excluding hydrogens is 300 g/mol. The van der Waals surface area contributed by atoms with Crippen LogP contribution >= 0.6 is 11.6 Å². The minimum Gasteiger partial charge on any atom is -0.381 e. The van der Waals surface area contributed by atoms with Gasteiger partial charge in [0.2, 0.25) is 0 Å². The van der Waals surface area contributed by atoms with E-state index in [9.17, 15) is 0 Å². The van der Waals surface area contributed by atoms with Crippen molar-refractivity contribution in [2.75, 3.05) is 13.2 Å². The largest absolute Gasteiger partial charge is 0.381 e. The molecule has 0 spiro atoms. The molecule has 22 heavy (non-hydrogen) atoms. The summed E-state index contributed by atoms with van der Waals surface area (Å²) in [4.78, 5) is 0. The summed E-state index contributed by atoms with van der Waals surface area (Å²) >= 11 is 6.51. The average molecular weight is 315 g/mol. The normalized spacial score (nSPS) is 26.5. The smallest absolute Gasteiger partial charge is 0.103 e. The maximum absolute atomic E-state index is 6.51. The summed E-state index contributed by atoms with van der Waals surface area (Å²) in [5.74, 6) is 1.83. The summed E-state index contributed by atoms with van der Waals surface area (Å²) in [5.41, 5.74) is 3.28. The fourth-order valence-corrected chi connectivity index (χ4v) is 4.04. The Hall–Kier alpha value is -1.85. The molecule has 0 unspecified atom stereocenters. The van der Waals surface area contributed by atoms with Crippen LogP contribution in [0.1, 0.15) is 11.5 Å². The highest BCUT2D eigenvalue weighted by Gasteiger charge is 2.55. The number of rotatable bonds is 2. The Kier molecular flexibility index (Phi) is 2.50. The summed E-state index contributed by atoms with van der Waals surface area (Å²) in [6, 6.07) is 4.22. The van der Waals surface area contributed by atoms with Gasteiger partial charge < -0.3 is 4.74 Å². The van der Waals surface area contributed by atoms with Gasteiger partial charge in [-0.05, 0) is 35.4 Å². The van der Waals surface area contributed by atoms with Crippen molar-refractivity contribution >= 4 is 22.5 Å². The van der Waals surface area contributed by atoms with E-state index in [1.165, 1.54) is 5.56 Å². The van der Waals surface area contributed by atoms with E-state index < -0.39 is 0 Å². The first-order valence-electron chi connectivity index (χ1n) is 7.46. The lowest BCUT2D eigenvalue weighted by atomic mass is 10.1. The third-order valence-electron chi connectivity index (χ3n) is 4.93. The zero-order chi connectivity index (χ0) is 14.8. The Labute approximate surface area is 132 Å². The molecule has 1 aromatic carbocycles. The number of benzene rings is 1. The van der Waals surface area contributed by atoms with Crippen molar-refractivity contribution in [2.24, 2.45) is 18.9 Å². The lowest BCUT2D eigenvalue weighted by Gasteiger charge is -2.08. The number of hydrogen-bond donors (Lipinski definition) is 0. The highest BCUT2D eigenvalue weighted by Crippen LogP contribution is 2.59. The molecule has 3 atom stereocenters. The van der Waals surface area contributed by atoms with Gasteiger partial charge in [0.1, 0.15) is 5.69 Å². The number of fused-ring (bicyclic) bond motifs is 2. The molecule has 2 fully saturated rings. The number of hydrogen-bond acceptors (Lipinski definition) is 3. The third-order valence-corrected chi connectivity index (χ3v) is 5.26. The molecule has 3 heterocycles. The van der Waals surface area contributed by atoms with Gasteiger partial charge >= 0.3 is 0 Å². The summed E-state index contributed by atoms with van der Waals surface area (Å²) < 4.78 is 9.20. The molecule has 1 saturated carbocycles. The molecule has 1 aliphatic heterocycles. The monoisotopic (exact) mass is 314 g/mol. The van der Waals surface area contributed by atoms with Crippen LogP contribution in [-0.2, 0) is 11.8 Å². The van der Waals surface area contributed by atoms with Crippen molar-refractivity contribution in [3.05, 3.63) is 41.3 Å². The predicted octanol–water partition coefficient (Wildman–Crippen LogP) is 2.77. The Morgan fingerprint density at radius 2 is 2.00 bits per heavy atom. The van der Waals surface area contributed by atoms with Gasteiger partial charge in [-0.3, -0.25) is 4.68 Å². The first-order valence-corrected chi connectivity index (χ1v) is 7.84. The van der Waals surface area contributed by atoms with Crippen LogP contribution in [0.3, 0.4) is 0 Å². The minimum absolute atomic E-state index is 0.544. The summed E-state index contributed by atoms with van der Waals surface area (Å²) in [5, 5.41) is 10.6. The second-order valence-electron chi connectivity index (χ2n) is 6.25. The first kappa shape index (κ1) is 12.7. The predicted molar refractivity (Wildman–Crippen MR) is 83.4 cm³/mol. The van der Waals surface area contributed by atoms with Crippen LogP contribution in [0.4, 0.5) is 0 Å². The van der Waals surface area contributed by atoms with E-state index in [0.717, 1.165) is 34.8 Å². The molecule has 2 aliphatic rings. The quantitative estimate of drug-likeness (QED) is 0.730. The van der Waals surface area contributed by atoms with Crippen LogP contribution in [0.5, 0.6) is 0 Å². The van der Waals surface area contributed by atoms with E-state index in [-0.39, 0.29) is 0 Å². The molecule has 1 saturated heterocycles. The Bertz CT molecular complexity index is 874. The topological polar surface area (TPSA) is 44.9 Å². The van der Waals surface area contributed by atoms with E-state index >= 15 is 0 Å². The zero-order valence-corrected chi connectivity index (χ0v) is 12.9. The molecule has 112 valence electrons. The van der Waals surface area contributed by atoms with Crippen molar-refractivity contribution in [3.8, 4) is 5.69 Å². The van der Waals surface area contributed by atoms with Crippen LogP contribution < -0.4 is 0 Å². The van der Waals surface area contributed by atoms with E-state index in [2.05, 4.69) is 16.3 Å². The van der Waals surface area contributed by atoms with Crippen LogP contribution in [0.2, 0.25) is 5.02 Å². The second-order valence-corrected chi connectivity index (χ2v) is 6.66. The van der Waals surface area contributed by atoms with Crippen LogP contribution in [0.15, 0.2) is 30.7 Å². The number of aromatic nitrogens is 4. The minimum atomic E-state index is 0.544. The molecule has 0 bridgehead atoms. The molecule has 0 radical (unpaired) electrons. The van der Waals surface area contributed by atoms with Gasteiger partial charge in [0.15, 0.2) is 0 Å². The molecule has 0 N–H and O–H groups in total. The lowest BCUT2D eigenvalue weighted by Crippen LogP contribution is -1.99. The van der Waals surface area contributed by atoms with E-state index in [1.54, 1.807) is 4.68 Å². The number of halogens is 1. The van der Waals surface area contributed by atoms with Crippen molar-refractivity contribution in [2.45, 2.75) is 5.92 Å². The molecule has 1 aliphatic carbocycles. The molecular formula is C16H15ClN4O. The Balaban J connectivity index is 1.65. The average Bonchev–Trinajstić information content (AvgIpc) is 2.96. The van der Waals surface area contributed by atoms with Crippen molar-refractivity contribution < 1.29 is 4.74 Å². The Morgan fingerprint density at radius 3 is 2.73 bits per heavy atom. The Morgan fingerprint density at radius 1 is 1.18 bits per heavy atom. The number of ether oxygens (including phenoxy) is 1. The van der Waals surface area contributed by atoms with Gasteiger partial charge in [-0.1, -0.05) is 11.6 Å². The lowest BCUT2D eigenvalue weighted by molar-refractivity contribution is 0.160. The second kappa shape index (κ2) is 4.33. The van der Waals surface area contributed by atoms with Crippen molar-refractivity contribution in [3.63, 3.8) is 0 Å². The van der Waals surface area contributed by atoms with E-state index in [4.69, 9.17) is 16.3 Å².